The summed E-state index contributed by atoms with van der Waals surface area (Å²) >= 11 is 4.80. The van der Waals surface area contributed by atoms with Gasteiger partial charge in [-0.25, -0.2) is 8.42 Å². The zero-order chi connectivity index (χ0) is 9.57. The Morgan fingerprint density at radius 3 is 2.33 bits per heavy atom. The molecule has 3 nitrogen and oxygen atoms in total. The lowest BCUT2D eigenvalue weighted by Gasteiger charge is -2.24. The van der Waals surface area contributed by atoms with Crippen LogP contribution in [0.2, 0.25) is 0 Å². The van der Waals surface area contributed by atoms with Crippen molar-refractivity contribution in [2.45, 2.75) is 20.6 Å². The highest BCUT2D eigenvalue weighted by Gasteiger charge is 2.49. The summed E-state index contributed by atoms with van der Waals surface area (Å²) in [6, 6.07) is 0. The number of halogens is 2. The van der Waals surface area contributed by atoms with E-state index < -0.39 is 17.6 Å². The van der Waals surface area contributed by atoms with Crippen LogP contribution in [0.25, 0.3) is 0 Å². The van der Waals surface area contributed by atoms with Crippen LogP contribution in [0.5, 0.6) is 0 Å². The molecule has 72 valence electrons. The highest BCUT2D eigenvalue weighted by molar-refractivity contribution is 14.1. The van der Waals surface area contributed by atoms with Crippen LogP contribution in [-0.2, 0) is 9.84 Å². The van der Waals surface area contributed by atoms with Crippen molar-refractivity contribution in [3.05, 3.63) is 0 Å². The van der Waals surface area contributed by atoms with Gasteiger partial charge in [0.05, 0.1) is 6.10 Å². The molecule has 0 radical (unpaired) electrons. The molecule has 1 fully saturated rings. The number of alkyl halides is 2. The average Bonchev–Trinajstić information content (AvgIpc) is 2.64. The minimum absolute atomic E-state index is 0.149. The second-order valence-electron chi connectivity index (χ2n) is 3.12. The van der Waals surface area contributed by atoms with E-state index in [2.05, 4.69) is 15.9 Å². The Balaban J connectivity index is 2.83. The third-order valence-electron chi connectivity index (χ3n) is 1.91. The van der Waals surface area contributed by atoms with E-state index in [-0.39, 0.29) is 5.92 Å². The van der Waals surface area contributed by atoms with Crippen LogP contribution in [0, 0.1) is 5.92 Å². The Bertz CT molecular complexity index is 271. The Kier molecular flexibility index (Phi) is 3.13. The largest absolute Gasteiger partial charge is 0.389 e. The SMILES string of the molecule is CS(=O)(=O)[C@](Br)(I)[C@H](O)C1CC1. The zero-order valence-electron chi connectivity index (χ0n) is 6.50. The second-order valence-corrected chi connectivity index (χ2v) is 11.0. The summed E-state index contributed by atoms with van der Waals surface area (Å²) in [7, 11) is -3.25. The minimum Gasteiger partial charge on any atom is -0.389 e. The molecule has 1 rings (SSSR count). The smallest absolute Gasteiger partial charge is 0.202 e. The fraction of sp³-hybridized carbons (Fsp3) is 1.00. The summed E-state index contributed by atoms with van der Waals surface area (Å²) in [6.07, 6.45) is 2.17. The van der Waals surface area contributed by atoms with Crippen LogP contribution in [-0.4, -0.2) is 27.5 Å². The molecule has 0 saturated heterocycles. The molecule has 0 spiro atoms. The topological polar surface area (TPSA) is 54.4 Å². The van der Waals surface area contributed by atoms with Crippen LogP contribution < -0.4 is 0 Å². The summed E-state index contributed by atoms with van der Waals surface area (Å²) in [4.78, 5) is 0. The molecule has 1 aliphatic rings. The number of aliphatic hydroxyl groups is 1. The van der Waals surface area contributed by atoms with Gasteiger partial charge in [-0.1, -0.05) is 15.9 Å². The second kappa shape index (κ2) is 3.36. The maximum Gasteiger partial charge on any atom is 0.202 e. The van der Waals surface area contributed by atoms with Crippen LogP contribution >= 0.6 is 38.5 Å². The molecule has 1 saturated carbocycles. The quantitative estimate of drug-likeness (QED) is 0.603. The van der Waals surface area contributed by atoms with Crippen molar-refractivity contribution in [2.75, 3.05) is 6.26 Å². The number of hydrogen-bond donors (Lipinski definition) is 1. The van der Waals surface area contributed by atoms with Crippen LogP contribution in [0.1, 0.15) is 12.8 Å². The van der Waals surface area contributed by atoms with Gasteiger partial charge in [0.25, 0.3) is 0 Å². The Morgan fingerprint density at radius 2 is 2.08 bits per heavy atom. The van der Waals surface area contributed by atoms with Crippen LogP contribution in [0.3, 0.4) is 0 Å². The van der Waals surface area contributed by atoms with Crippen molar-refractivity contribution < 1.29 is 13.5 Å². The van der Waals surface area contributed by atoms with E-state index in [1.165, 1.54) is 0 Å². The maximum absolute atomic E-state index is 11.2. The van der Waals surface area contributed by atoms with Gasteiger partial charge in [0.15, 0.2) is 9.84 Å². The molecule has 0 aromatic carbocycles. The molecule has 1 aliphatic carbocycles. The molecule has 0 bridgehead atoms. The van der Waals surface area contributed by atoms with E-state index >= 15 is 0 Å². The summed E-state index contributed by atoms with van der Waals surface area (Å²) in [5.74, 6) is 0.149. The molecule has 6 heteroatoms. The van der Waals surface area contributed by atoms with Gasteiger partial charge in [0.1, 0.15) is 0 Å². The first-order valence-electron chi connectivity index (χ1n) is 3.52. The first-order chi connectivity index (χ1) is 5.27. The molecule has 0 aliphatic heterocycles. The van der Waals surface area contributed by atoms with Crippen molar-refractivity contribution in [2.24, 2.45) is 5.92 Å². The van der Waals surface area contributed by atoms with E-state index in [9.17, 15) is 13.5 Å². The van der Waals surface area contributed by atoms with Crippen molar-refractivity contribution in [1.82, 2.24) is 0 Å². The lowest BCUT2D eigenvalue weighted by molar-refractivity contribution is 0.164. The fourth-order valence-electron chi connectivity index (χ4n) is 0.906. The summed E-state index contributed by atoms with van der Waals surface area (Å²) in [5, 5.41) is 9.62. The number of sulfone groups is 1. The van der Waals surface area contributed by atoms with Crippen molar-refractivity contribution >= 4 is 48.4 Å². The van der Waals surface area contributed by atoms with Gasteiger partial charge in [-0.3, -0.25) is 0 Å². The van der Waals surface area contributed by atoms with Gasteiger partial charge < -0.3 is 5.11 Å². The first-order valence-corrected chi connectivity index (χ1v) is 7.28. The summed E-state index contributed by atoms with van der Waals surface area (Å²) in [6.45, 7) is 0. The van der Waals surface area contributed by atoms with Crippen LogP contribution in [0.4, 0.5) is 0 Å². The predicted molar refractivity (Wildman–Crippen MR) is 59.3 cm³/mol. The zero-order valence-corrected chi connectivity index (χ0v) is 11.1. The van der Waals surface area contributed by atoms with Crippen molar-refractivity contribution in [3.63, 3.8) is 0 Å². The fourth-order valence-corrected chi connectivity index (χ4v) is 2.42. The van der Waals surface area contributed by atoms with Gasteiger partial charge in [-0.2, -0.15) is 0 Å². The molecule has 0 amide bonds. The average molecular weight is 369 g/mol. The van der Waals surface area contributed by atoms with E-state index in [1.54, 1.807) is 22.6 Å². The molecule has 2 atom stereocenters. The molecule has 0 aromatic heterocycles. The normalized spacial score (nSPS) is 26.3. The monoisotopic (exact) mass is 368 g/mol. The van der Waals surface area contributed by atoms with Gasteiger partial charge >= 0.3 is 0 Å². The van der Waals surface area contributed by atoms with Gasteiger partial charge in [0.2, 0.25) is 1.66 Å². The third-order valence-corrected chi connectivity index (χ3v) is 8.41. The first kappa shape index (κ1) is 11.2. The number of aliphatic hydroxyl groups excluding tert-OH is 1. The van der Waals surface area contributed by atoms with Gasteiger partial charge in [-0.05, 0) is 41.4 Å². The minimum atomic E-state index is -3.25. The highest BCUT2D eigenvalue weighted by Crippen LogP contribution is 2.46. The Hall–Kier alpha value is 1.12. The molecular weight excluding hydrogens is 359 g/mol. The lowest BCUT2D eigenvalue weighted by atomic mass is 10.3. The predicted octanol–water partition coefficient (Wildman–Crippen LogP) is 1.29. The van der Waals surface area contributed by atoms with Gasteiger partial charge in [0, 0.05) is 6.26 Å². The van der Waals surface area contributed by atoms with E-state index in [4.69, 9.17) is 0 Å². The summed E-state index contributed by atoms with van der Waals surface area (Å²) < 4.78 is 21.2. The maximum atomic E-state index is 11.2. The van der Waals surface area contributed by atoms with Crippen molar-refractivity contribution in [3.8, 4) is 0 Å². The standard InChI is InChI=1S/C6H10BrIO3S/c1-12(10,11)6(7,8)5(9)4-2-3-4/h4-5,9H,2-3H2,1H3/t5-,6-/m1/s1. The Morgan fingerprint density at radius 1 is 1.67 bits per heavy atom. The van der Waals surface area contributed by atoms with E-state index in [0.29, 0.717) is 0 Å². The molecular formula is C6H10BrIO3S. The number of rotatable bonds is 3. The highest BCUT2D eigenvalue weighted by atomic mass is 127. The Labute approximate surface area is 94.1 Å². The molecule has 0 aromatic rings. The molecule has 12 heavy (non-hydrogen) atoms. The van der Waals surface area contributed by atoms with Gasteiger partial charge in [-0.15, -0.1) is 0 Å². The molecule has 0 heterocycles. The van der Waals surface area contributed by atoms with E-state index in [0.717, 1.165) is 19.1 Å². The number of hydrogen-bond acceptors (Lipinski definition) is 3. The molecule has 1 N–H and O–H groups in total. The third kappa shape index (κ3) is 2.13. The molecule has 0 unspecified atom stereocenters. The van der Waals surface area contributed by atoms with Crippen LogP contribution in [0.15, 0.2) is 0 Å². The van der Waals surface area contributed by atoms with E-state index in [1.807, 2.05) is 0 Å². The lowest BCUT2D eigenvalue weighted by Crippen LogP contribution is -2.38. The van der Waals surface area contributed by atoms with Crippen molar-refractivity contribution in [1.29, 1.82) is 0 Å². The summed E-state index contributed by atoms with van der Waals surface area (Å²) in [5.41, 5.74) is 0.